The van der Waals surface area contributed by atoms with Crippen molar-refractivity contribution < 1.29 is 9.21 Å². The first-order valence-corrected chi connectivity index (χ1v) is 5.23. The summed E-state index contributed by atoms with van der Waals surface area (Å²) in [5.41, 5.74) is 2.00. The number of nitrogens with one attached hydrogen (secondary N) is 1. The van der Waals surface area contributed by atoms with E-state index in [4.69, 9.17) is 10.3 Å². The van der Waals surface area contributed by atoms with Crippen molar-refractivity contribution in [2.45, 2.75) is 13.5 Å². The highest BCUT2D eigenvalue weighted by Gasteiger charge is 2.14. The molecule has 0 bridgehead atoms. The number of nitrogen functional groups attached to an aromatic ring is 1. The third kappa shape index (κ3) is 2.30. The van der Waals surface area contributed by atoms with Crippen molar-refractivity contribution in [3.8, 4) is 0 Å². The van der Waals surface area contributed by atoms with Gasteiger partial charge in [-0.25, -0.2) is 15.6 Å². The van der Waals surface area contributed by atoms with Crippen molar-refractivity contribution in [2.24, 2.45) is 5.84 Å². The maximum atomic E-state index is 11.4. The third-order valence-corrected chi connectivity index (χ3v) is 2.45. The molecule has 7 nitrogen and oxygen atoms in total. The molecule has 2 heterocycles. The molecule has 0 spiro atoms. The minimum Gasteiger partial charge on any atom is -0.464 e. The van der Waals surface area contributed by atoms with Gasteiger partial charge >= 0.3 is 5.69 Å². The molecule has 7 heteroatoms. The van der Waals surface area contributed by atoms with Crippen LogP contribution in [0.15, 0.2) is 33.7 Å². The topological polar surface area (TPSA) is 103 Å². The number of amides is 1. The lowest BCUT2D eigenvalue weighted by atomic mass is 10.2. The van der Waals surface area contributed by atoms with E-state index in [1.807, 2.05) is 5.43 Å². The van der Waals surface area contributed by atoms with Gasteiger partial charge in [0.25, 0.3) is 5.91 Å². The zero-order chi connectivity index (χ0) is 13.1. The molecule has 0 atom stereocenters. The van der Waals surface area contributed by atoms with E-state index in [1.54, 1.807) is 25.3 Å². The molecular formula is C11H12N4O3. The first-order valence-electron chi connectivity index (χ1n) is 5.23. The second-order valence-electron chi connectivity index (χ2n) is 3.69. The van der Waals surface area contributed by atoms with Gasteiger partial charge in [-0.3, -0.25) is 14.8 Å². The van der Waals surface area contributed by atoms with Gasteiger partial charge in [0, 0.05) is 12.4 Å². The zero-order valence-electron chi connectivity index (χ0n) is 9.71. The van der Waals surface area contributed by atoms with Gasteiger partial charge in [0.05, 0.1) is 12.1 Å². The first kappa shape index (κ1) is 12.1. The Morgan fingerprint density at radius 2 is 2.39 bits per heavy atom. The fourth-order valence-electron chi connectivity index (χ4n) is 1.60. The van der Waals surface area contributed by atoms with Crippen LogP contribution in [0.1, 0.15) is 21.9 Å². The number of aromatic nitrogens is 2. The largest absolute Gasteiger partial charge is 0.464 e. The molecule has 2 aromatic rings. The number of hydrogen-bond acceptors (Lipinski definition) is 5. The van der Waals surface area contributed by atoms with E-state index in [1.165, 1.54) is 10.8 Å². The van der Waals surface area contributed by atoms with E-state index in [9.17, 15) is 9.59 Å². The van der Waals surface area contributed by atoms with Crippen LogP contribution in [0.4, 0.5) is 0 Å². The van der Waals surface area contributed by atoms with Crippen LogP contribution in [-0.2, 0) is 6.54 Å². The Morgan fingerprint density at radius 1 is 1.61 bits per heavy atom. The quantitative estimate of drug-likeness (QED) is 0.444. The summed E-state index contributed by atoms with van der Waals surface area (Å²) in [6.45, 7) is 1.87. The number of nitrogens with two attached hydrogens (primary N) is 1. The van der Waals surface area contributed by atoms with Crippen molar-refractivity contribution in [2.75, 3.05) is 0 Å². The van der Waals surface area contributed by atoms with Crippen molar-refractivity contribution in [3.05, 3.63) is 52.1 Å². The van der Waals surface area contributed by atoms with Crippen molar-refractivity contribution >= 4 is 5.91 Å². The van der Waals surface area contributed by atoms with Crippen LogP contribution in [0.25, 0.3) is 0 Å². The molecule has 2 rings (SSSR count). The van der Waals surface area contributed by atoms with Gasteiger partial charge < -0.3 is 4.42 Å². The van der Waals surface area contributed by atoms with E-state index in [0.29, 0.717) is 17.1 Å². The number of carbonyl (C=O) groups excluding carboxylic acids is 1. The lowest BCUT2D eigenvalue weighted by molar-refractivity contribution is 0.0952. The molecule has 0 fully saturated rings. The van der Waals surface area contributed by atoms with Crippen LogP contribution in [0.5, 0.6) is 0 Å². The van der Waals surface area contributed by atoms with E-state index in [-0.39, 0.29) is 12.2 Å². The third-order valence-electron chi connectivity index (χ3n) is 2.45. The lowest BCUT2D eigenvalue weighted by Crippen LogP contribution is -2.30. The first-order chi connectivity index (χ1) is 8.61. The average molecular weight is 248 g/mol. The molecule has 0 aliphatic rings. The second kappa shape index (κ2) is 4.84. The number of furan rings is 1. The summed E-state index contributed by atoms with van der Waals surface area (Å²) in [6.07, 6.45) is 3.01. The Hall–Kier alpha value is -2.41. The Labute approximate surface area is 102 Å². The Kier molecular flexibility index (Phi) is 3.24. The van der Waals surface area contributed by atoms with Crippen molar-refractivity contribution in [1.82, 2.24) is 15.0 Å². The predicted molar refractivity (Wildman–Crippen MR) is 62.7 cm³/mol. The summed E-state index contributed by atoms with van der Waals surface area (Å²) in [7, 11) is 0. The monoisotopic (exact) mass is 248 g/mol. The minimum absolute atomic E-state index is 0.214. The fourth-order valence-corrected chi connectivity index (χ4v) is 1.60. The predicted octanol–water partition coefficient (Wildman–Crippen LogP) is -0.203. The lowest BCUT2D eigenvalue weighted by Gasteiger charge is -2.00. The number of hydrazine groups is 1. The van der Waals surface area contributed by atoms with E-state index < -0.39 is 5.91 Å². The van der Waals surface area contributed by atoms with Gasteiger partial charge in [-0.1, -0.05) is 0 Å². The van der Waals surface area contributed by atoms with Crippen molar-refractivity contribution in [3.63, 3.8) is 0 Å². The number of nitrogens with zero attached hydrogens (tertiary/aromatic N) is 2. The number of aryl methyl sites for hydroxylation is 1. The number of carbonyl (C=O) groups is 1. The molecule has 0 unspecified atom stereocenters. The molecule has 0 aliphatic heterocycles. The standard InChI is InChI=1S/C11H12N4O3/c1-7-9(10(16)14-12)5-8(18-7)6-15-4-2-3-13-11(15)17/h2-5H,6,12H2,1H3,(H,14,16). The highest BCUT2D eigenvalue weighted by molar-refractivity contribution is 5.94. The van der Waals surface area contributed by atoms with E-state index in [0.717, 1.165) is 0 Å². The molecule has 94 valence electrons. The molecule has 0 saturated heterocycles. The molecule has 0 aromatic carbocycles. The summed E-state index contributed by atoms with van der Waals surface area (Å²) in [5, 5.41) is 0. The van der Waals surface area contributed by atoms with Gasteiger partial charge in [-0.2, -0.15) is 0 Å². The van der Waals surface area contributed by atoms with E-state index in [2.05, 4.69) is 4.98 Å². The summed E-state index contributed by atoms with van der Waals surface area (Å²) in [6, 6.07) is 3.20. The van der Waals surface area contributed by atoms with Crippen LogP contribution in [-0.4, -0.2) is 15.5 Å². The van der Waals surface area contributed by atoms with Crippen molar-refractivity contribution in [1.29, 1.82) is 0 Å². The zero-order valence-corrected chi connectivity index (χ0v) is 9.71. The average Bonchev–Trinajstić information content (AvgIpc) is 2.72. The highest BCUT2D eigenvalue weighted by atomic mass is 16.3. The Bertz CT molecular complexity index is 629. The van der Waals surface area contributed by atoms with Crippen LogP contribution in [0.3, 0.4) is 0 Å². The summed E-state index contributed by atoms with van der Waals surface area (Å²) >= 11 is 0. The smallest absolute Gasteiger partial charge is 0.347 e. The summed E-state index contributed by atoms with van der Waals surface area (Å²) < 4.78 is 6.77. The van der Waals surface area contributed by atoms with Crippen LogP contribution >= 0.6 is 0 Å². The van der Waals surface area contributed by atoms with Gasteiger partial charge in [0.1, 0.15) is 11.5 Å². The molecular weight excluding hydrogens is 236 g/mol. The molecule has 1 amide bonds. The van der Waals surface area contributed by atoms with Crippen LogP contribution in [0.2, 0.25) is 0 Å². The maximum absolute atomic E-state index is 11.4. The summed E-state index contributed by atoms with van der Waals surface area (Å²) in [5.74, 6) is 5.56. The summed E-state index contributed by atoms with van der Waals surface area (Å²) in [4.78, 5) is 26.4. The highest BCUT2D eigenvalue weighted by Crippen LogP contribution is 2.14. The molecule has 2 aromatic heterocycles. The fraction of sp³-hybridized carbons (Fsp3) is 0.182. The molecule has 3 N–H and O–H groups in total. The van der Waals surface area contributed by atoms with Gasteiger partial charge in [0.15, 0.2) is 0 Å². The van der Waals surface area contributed by atoms with Gasteiger partial charge in [-0.05, 0) is 19.1 Å². The maximum Gasteiger partial charge on any atom is 0.347 e. The van der Waals surface area contributed by atoms with Crippen LogP contribution < -0.4 is 17.0 Å². The van der Waals surface area contributed by atoms with Gasteiger partial charge in [-0.15, -0.1) is 0 Å². The van der Waals surface area contributed by atoms with E-state index >= 15 is 0 Å². The Morgan fingerprint density at radius 3 is 3.06 bits per heavy atom. The molecule has 0 radical (unpaired) electrons. The SMILES string of the molecule is Cc1oc(Cn2cccnc2=O)cc1C(=O)NN. The second-order valence-corrected chi connectivity index (χ2v) is 3.69. The molecule has 0 saturated carbocycles. The number of hydrogen-bond donors (Lipinski definition) is 2. The molecule has 18 heavy (non-hydrogen) atoms. The number of rotatable bonds is 3. The normalized spacial score (nSPS) is 10.3. The van der Waals surface area contributed by atoms with Crippen LogP contribution in [0, 0.1) is 6.92 Å². The molecule has 0 aliphatic carbocycles. The minimum atomic E-state index is -0.430. The Balaban J connectivity index is 2.29. The van der Waals surface area contributed by atoms with Gasteiger partial charge in [0.2, 0.25) is 0 Å².